The van der Waals surface area contributed by atoms with E-state index >= 15 is 0 Å². The van der Waals surface area contributed by atoms with E-state index in [1.54, 1.807) is 0 Å². The van der Waals surface area contributed by atoms with Crippen molar-refractivity contribution >= 4 is 44.6 Å². The summed E-state index contributed by atoms with van der Waals surface area (Å²) in [6.07, 6.45) is 4.46. The molecule has 50 heavy (non-hydrogen) atoms. The van der Waals surface area contributed by atoms with Gasteiger partial charge in [-0.2, -0.15) is 0 Å². The van der Waals surface area contributed by atoms with Crippen molar-refractivity contribution in [1.82, 2.24) is 0 Å². The Kier molecular flexibility index (Phi) is 7.03. The summed E-state index contributed by atoms with van der Waals surface area (Å²) < 4.78 is 6.51. The Morgan fingerprint density at radius 3 is 2.16 bits per heavy atom. The molecule has 7 aromatic carbocycles. The number of hydrogen-bond acceptors (Lipinski definition) is 2. The monoisotopic (exact) mass is 644 g/mol. The van der Waals surface area contributed by atoms with Gasteiger partial charge < -0.3 is 10.2 Å². The average Bonchev–Trinajstić information content (AvgIpc) is 3.64. The molecule has 0 saturated carbocycles. The fourth-order valence-corrected chi connectivity index (χ4v) is 7.80. The molecule has 1 atom stereocenters. The minimum atomic E-state index is -0.399. The lowest BCUT2D eigenvalue weighted by atomic mass is 9.81. The van der Waals surface area contributed by atoms with Crippen molar-refractivity contribution in [3.63, 3.8) is 0 Å². The number of nitrogens with two attached hydrogens (primary N) is 1. The molecule has 8 aromatic rings. The van der Waals surface area contributed by atoms with E-state index in [0.29, 0.717) is 5.84 Å². The molecule has 1 aliphatic rings. The third kappa shape index (κ3) is 4.93. The van der Waals surface area contributed by atoms with Crippen LogP contribution in [0.15, 0.2) is 167 Å². The molecule has 3 nitrogen and oxygen atoms in total. The van der Waals surface area contributed by atoms with Gasteiger partial charge >= 0.3 is 0 Å². The molecule has 0 aliphatic heterocycles. The maximum atomic E-state index is 6.82. The van der Waals surface area contributed by atoms with Crippen molar-refractivity contribution < 1.29 is 4.42 Å². The predicted molar refractivity (Wildman–Crippen MR) is 210 cm³/mol. The van der Waals surface area contributed by atoms with E-state index in [-0.39, 0.29) is 5.41 Å². The normalized spacial score (nSPS) is 14.4. The number of fused-ring (bicyclic) bond motifs is 7. The third-order valence-corrected chi connectivity index (χ3v) is 10.3. The Hall–Kier alpha value is -6.19. The lowest BCUT2D eigenvalue weighted by Gasteiger charge is -2.21. The van der Waals surface area contributed by atoms with Gasteiger partial charge in [0.05, 0.1) is 6.04 Å². The van der Waals surface area contributed by atoms with Crippen LogP contribution in [0.1, 0.15) is 47.7 Å². The zero-order valence-electron chi connectivity index (χ0n) is 28.1. The fourth-order valence-electron chi connectivity index (χ4n) is 7.80. The van der Waals surface area contributed by atoms with Gasteiger partial charge in [0.15, 0.2) is 0 Å². The van der Waals surface area contributed by atoms with Crippen LogP contribution in [0.5, 0.6) is 0 Å². The van der Waals surface area contributed by atoms with E-state index in [4.69, 9.17) is 15.1 Å². The molecule has 2 N–H and O–H groups in total. The van der Waals surface area contributed by atoms with Gasteiger partial charge in [0.25, 0.3) is 0 Å². The number of para-hydroxylation sites is 1. The first kappa shape index (κ1) is 29.9. The number of rotatable bonds is 6. The van der Waals surface area contributed by atoms with Crippen LogP contribution >= 0.6 is 0 Å². The van der Waals surface area contributed by atoms with Crippen LogP contribution in [-0.4, -0.2) is 5.84 Å². The lowest BCUT2D eigenvalue weighted by Crippen LogP contribution is -2.15. The summed E-state index contributed by atoms with van der Waals surface area (Å²) in [5.41, 5.74) is 18.9. The van der Waals surface area contributed by atoms with Crippen molar-refractivity contribution in [1.29, 1.82) is 0 Å². The highest BCUT2D eigenvalue weighted by Crippen LogP contribution is 2.51. The van der Waals surface area contributed by atoms with Gasteiger partial charge in [0.1, 0.15) is 17.0 Å². The molecule has 240 valence electrons. The van der Waals surface area contributed by atoms with Gasteiger partial charge in [0.2, 0.25) is 0 Å². The average molecular weight is 645 g/mol. The van der Waals surface area contributed by atoms with Crippen LogP contribution in [0.4, 0.5) is 0 Å². The molecule has 1 aromatic heterocycles. The lowest BCUT2D eigenvalue weighted by molar-refractivity contribution is 0.661. The summed E-state index contributed by atoms with van der Waals surface area (Å²) in [6.45, 7) is 4.67. The van der Waals surface area contributed by atoms with E-state index in [1.807, 2.05) is 48.5 Å². The molecule has 1 aliphatic carbocycles. The molecule has 9 rings (SSSR count). The molecule has 0 fully saturated rings. The van der Waals surface area contributed by atoms with Crippen molar-refractivity contribution in [3.05, 3.63) is 186 Å². The number of nitrogens with zero attached hydrogens (tertiary/aromatic N) is 1. The summed E-state index contributed by atoms with van der Waals surface area (Å²) in [7, 11) is 0. The largest absolute Gasteiger partial charge is 0.456 e. The van der Waals surface area contributed by atoms with Crippen molar-refractivity contribution in [2.45, 2.75) is 25.3 Å². The quantitative estimate of drug-likeness (QED) is 0.145. The standard InChI is InChI=1S/C47H36N2O/c1-47(2)39-22-13-20-31(44(39)37-26-33-18-9-10-19-34(33)28-40(37)47)24-25-41(49-46(48)32-16-7-4-8-17-32)38-27-35(30-14-5-3-6-15-30)29-43-45(38)36-21-11-12-23-42(36)50-43/h3-29,41H,1-2H3,(H2,48,49)/b25-24+. The second-order valence-corrected chi connectivity index (χ2v) is 13.7. The van der Waals surface area contributed by atoms with E-state index in [0.717, 1.165) is 49.8 Å². The first-order valence-corrected chi connectivity index (χ1v) is 17.2. The second kappa shape index (κ2) is 11.7. The highest BCUT2D eigenvalue weighted by Gasteiger charge is 2.36. The van der Waals surface area contributed by atoms with Crippen molar-refractivity contribution in [3.8, 4) is 22.3 Å². The van der Waals surface area contributed by atoms with Gasteiger partial charge in [-0.15, -0.1) is 0 Å². The van der Waals surface area contributed by atoms with Gasteiger partial charge in [-0.1, -0.05) is 147 Å². The molecule has 0 saturated heterocycles. The van der Waals surface area contributed by atoms with Crippen LogP contribution in [0.25, 0.3) is 61.0 Å². The molecule has 0 amide bonds. The molecular weight excluding hydrogens is 609 g/mol. The Morgan fingerprint density at radius 1 is 0.660 bits per heavy atom. The summed E-state index contributed by atoms with van der Waals surface area (Å²) in [5, 5.41) is 4.63. The van der Waals surface area contributed by atoms with Crippen LogP contribution in [0.3, 0.4) is 0 Å². The first-order valence-electron chi connectivity index (χ1n) is 17.2. The summed E-state index contributed by atoms with van der Waals surface area (Å²) in [6, 6.07) is 52.8. The first-order chi connectivity index (χ1) is 24.5. The number of benzene rings is 7. The van der Waals surface area contributed by atoms with E-state index in [9.17, 15) is 0 Å². The number of amidine groups is 1. The molecule has 0 radical (unpaired) electrons. The van der Waals surface area contributed by atoms with Crippen molar-refractivity contribution in [2.24, 2.45) is 10.7 Å². The van der Waals surface area contributed by atoms with Gasteiger partial charge in [0, 0.05) is 21.8 Å². The maximum Gasteiger partial charge on any atom is 0.136 e. The minimum Gasteiger partial charge on any atom is -0.456 e. The topological polar surface area (TPSA) is 51.5 Å². The second-order valence-electron chi connectivity index (χ2n) is 13.7. The Balaban J connectivity index is 1.27. The highest BCUT2D eigenvalue weighted by atomic mass is 16.3. The van der Waals surface area contributed by atoms with Gasteiger partial charge in [-0.25, -0.2) is 0 Å². The number of hydrogen-bond donors (Lipinski definition) is 1. The van der Waals surface area contributed by atoms with Crippen LogP contribution in [-0.2, 0) is 5.41 Å². The minimum absolute atomic E-state index is 0.125. The maximum absolute atomic E-state index is 6.82. The highest BCUT2D eigenvalue weighted by molar-refractivity contribution is 6.08. The summed E-state index contributed by atoms with van der Waals surface area (Å²) in [5.74, 6) is 0.488. The van der Waals surface area contributed by atoms with E-state index < -0.39 is 6.04 Å². The molecule has 0 bridgehead atoms. The Labute approximate surface area is 292 Å². The van der Waals surface area contributed by atoms with E-state index in [2.05, 4.69) is 129 Å². The van der Waals surface area contributed by atoms with Crippen LogP contribution in [0, 0.1) is 0 Å². The smallest absolute Gasteiger partial charge is 0.136 e. The molecular formula is C47H36N2O. The number of aliphatic imine (C=N–C) groups is 1. The summed E-state index contributed by atoms with van der Waals surface area (Å²) in [4.78, 5) is 5.28. The van der Waals surface area contributed by atoms with Crippen LogP contribution < -0.4 is 5.73 Å². The zero-order valence-corrected chi connectivity index (χ0v) is 28.1. The van der Waals surface area contributed by atoms with Crippen LogP contribution in [0.2, 0.25) is 0 Å². The zero-order chi connectivity index (χ0) is 33.8. The Bertz CT molecular complexity index is 2630. The summed E-state index contributed by atoms with van der Waals surface area (Å²) >= 11 is 0. The van der Waals surface area contributed by atoms with Gasteiger partial charge in [-0.05, 0) is 85.6 Å². The predicted octanol–water partition coefficient (Wildman–Crippen LogP) is 11.9. The molecule has 1 heterocycles. The third-order valence-electron chi connectivity index (χ3n) is 10.3. The molecule has 1 unspecified atom stereocenters. The molecule has 3 heteroatoms. The Morgan fingerprint density at radius 2 is 1.36 bits per heavy atom. The van der Waals surface area contributed by atoms with Gasteiger partial charge in [-0.3, -0.25) is 4.99 Å². The number of furan rings is 1. The molecule has 0 spiro atoms. The SMILES string of the molecule is CC1(C)c2cc3ccccc3cc2-c2c(/C=C/C(N=C(N)c3ccccc3)c3cc(-c4ccccc4)cc4oc5ccccc5c34)cccc21. The van der Waals surface area contributed by atoms with Crippen molar-refractivity contribution in [2.75, 3.05) is 0 Å². The fraction of sp³-hybridized carbons (Fsp3) is 0.0851. The van der Waals surface area contributed by atoms with E-state index in [1.165, 1.54) is 33.0 Å².